The van der Waals surface area contributed by atoms with Crippen molar-refractivity contribution in [2.24, 2.45) is 5.92 Å². The fraction of sp³-hybridized carbons (Fsp3) is 0.435. The molecule has 1 N–H and O–H groups in total. The van der Waals surface area contributed by atoms with E-state index in [1.165, 1.54) is 6.20 Å². The highest BCUT2D eigenvalue weighted by Gasteiger charge is 2.33. The van der Waals surface area contributed by atoms with E-state index in [2.05, 4.69) is 15.0 Å². The number of H-pyrrole nitrogens is 1. The number of carbonyl (C=O) groups is 2. The molecule has 3 aromatic heterocycles. The molecule has 5 heterocycles. The van der Waals surface area contributed by atoms with Gasteiger partial charge in [-0.2, -0.15) is 0 Å². The Morgan fingerprint density at radius 1 is 1.03 bits per heavy atom. The number of hydrogen-bond donors (Lipinski definition) is 1. The maximum Gasteiger partial charge on any atom is 0.255 e. The Morgan fingerprint density at radius 3 is 2.62 bits per heavy atom. The Balaban J connectivity index is 1.19. The van der Waals surface area contributed by atoms with Gasteiger partial charge in [-0.05, 0) is 43.9 Å². The number of likely N-dealkylation sites (tertiary alicyclic amines) is 2. The summed E-state index contributed by atoms with van der Waals surface area (Å²) in [5.74, 6) is 1.24. The summed E-state index contributed by atoms with van der Waals surface area (Å²) in [7, 11) is 0. The Morgan fingerprint density at radius 2 is 1.88 bits per heavy atom. The predicted octanol–water partition coefficient (Wildman–Crippen LogP) is 3.26. The molecule has 0 radical (unpaired) electrons. The number of halogens is 1. The third-order valence-electron chi connectivity index (χ3n) is 6.53. The molecule has 2 aliphatic heterocycles. The number of rotatable bonds is 3. The van der Waals surface area contributed by atoms with E-state index in [0.29, 0.717) is 43.2 Å². The highest BCUT2D eigenvalue weighted by atomic mass is 35.5. The van der Waals surface area contributed by atoms with Crippen LogP contribution in [0.5, 0.6) is 0 Å². The van der Waals surface area contributed by atoms with Crippen molar-refractivity contribution >= 4 is 34.4 Å². The number of nitrogens with zero attached hydrogens (tertiary/aromatic N) is 5. The molecule has 166 valence electrons. The van der Waals surface area contributed by atoms with Crippen molar-refractivity contribution in [3.05, 3.63) is 53.3 Å². The summed E-state index contributed by atoms with van der Waals surface area (Å²) >= 11 is 5.81. The van der Waals surface area contributed by atoms with E-state index in [1.807, 2.05) is 11.0 Å². The third kappa shape index (κ3) is 4.19. The van der Waals surface area contributed by atoms with Gasteiger partial charge in [-0.1, -0.05) is 11.6 Å². The second kappa shape index (κ2) is 8.86. The van der Waals surface area contributed by atoms with E-state index >= 15 is 0 Å². The molecule has 0 saturated carbocycles. The van der Waals surface area contributed by atoms with Gasteiger partial charge in [0.25, 0.3) is 5.91 Å². The summed E-state index contributed by atoms with van der Waals surface area (Å²) in [5, 5.41) is 0.366. The molecule has 2 saturated heterocycles. The van der Waals surface area contributed by atoms with Crippen LogP contribution in [0.25, 0.3) is 11.0 Å². The van der Waals surface area contributed by atoms with Crippen LogP contribution in [-0.4, -0.2) is 67.7 Å². The normalized spacial score (nSPS) is 20.0. The zero-order valence-corrected chi connectivity index (χ0v) is 18.5. The first kappa shape index (κ1) is 20.9. The Labute approximate surface area is 191 Å². The van der Waals surface area contributed by atoms with Crippen molar-refractivity contribution in [3.63, 3.8) is 0 Å². The van der Waals surface area contributed by atoms with Crippen molar-refractivity contribution in [3.8, 4) is 0 Å². The summed E-state index contributed by atoms with van der Waals surface area (Å²) in [6.45, 7) is 2.62. The van der Waals surface area contributed by atoms with Gasteiger partial charge >= 0.3 is 0 Å². The number of fused-ring (bicyclic) bond motifs is 1. The lowest BCUT2D eigenvalue weighted by Gasteiger charge is -2.37. The molecule has 0 spiro atoms. The Bertz CT molecular complexity index is 1090. The number of hydrogen-bond acceptors (Lipinski definition) is 5. The highest BCUT2D eigenvalue weighted by molar-refractivity contribution is 6.29. The smallest absolute Gasteiger partial charge is 0.255 e. The molecule has 32 heavy (non-hydrogen) atoms. The van der Waals surface area contributed by atoms with Crippen molar-refractivity contribution < 1.29 is 9.59 Å². The van der Waals surface area contributed by atoms with Crippen molar-refractivity contribution in [1.29, 1.82) is 0 Å². The Hall–Kier alpha value is -3.00. The minimum absolute atomic E-state index is 0.0407. The van der Waals surface area contributed by atoms with Gasteiger partial charge in [0, 0.05) is 50.4 Å². The number of carbonyl (C=O) groups excluding carboxylic acids is 2. The number of nitrogens with one attached hydrogen (secondary N) is 1. The molecular formula is C23H25ClN6O2. The molecule has 3 aromatic rings. The third-order valence-corrected chi connectivity index (χ3v) is 6.75. The summed E-state index contributed by atoms with van der Waals surface area (Å²) in [5.41, 5.74) is 2.37. The van der Waals surface area contributed by atoms with Gasteiger partial charge in [0.05, 0.1) is 22.8 Å². The number of piperidine rings is 2. The quantitative estimate of drug-likeness (QED) is 0.615. The van der Waals surface area contributed by atoms with Crippen molar-refractivity contribution in [1.82, 2.24) is 29.7 Å². The van der Waals surface area contributed by atoms with Gasteiger partial charge in [0.2, 0.25) is 5.91 Å². The molecule has 1 unspecified atom stereocenters. The highest BCUT2D eigenvalue weighted by Crippen LogP contribution is 2.29. The van der Waals surface area contributed by atoms with E-state index in [-0.39, 0.29) is 23.7 Å². The standard InChI is InChI=1S/C23H25ClN6O2/c24-20-4-3-16(12-26-20)23(32)29-10-6-15(7-11-29)22(31)30-9-1-2-17(14-30)21-27-18-5-8-25-13-19(18)28-21/h3-5,8,12-13,15,17H,1-2,6-7,9-11,14H2,(H,27,28). The molecular weight excluding hydrogens is 428 g/mol. The lowest BCUT2D eigenvalue weighted by atomic mass is 9.91. The number of pyridine rings is 2. The van der Waals surface area contributed by atoms with E-state index in [9.17, 15) is 9.59 Å². The number of imidazole rings is 1. The van der Waals surface area contributed by atoms with Crippen LogP contribution in [0.3, 0.4) is 0 Å². The van der Waals surface area contributed by atoms with Gasteiger partial charge in [0.1, 0.15) is 11.0 Å². The van der Waals surface area contributed by atoms with Gasteiger partial charge in [-0.3, -0.25) is 14.6 Å². The number of aromatic amines is 1. The van der Waals surface area contributed by atoms with Crippen LogP contribution < -0.4 is 0 Å². The fourth-order valence-electron chi connectivity index (χ4n) is 4.74. The lowest BCUT2D eigenvalue weighted by Crippen LogP contribution is -2.47. The average Bonchev–Trinajstić information content (AvgIpc) is 3.28. The van der Waals surface area contributed by atoms with Crippen molar-refractivity contribution in [2.45, 2.75) is 31.6 Å². The van der Waals surface area contributed by atoms with E-state index in [0.717, 1.165) is 36.2 Å². The van der Waals surface area contributed by atoms with Crippen LogP contribution in [-0.2, 0) is 4.79 Å². The second-order valence-electron chi connectivity index (χ2n) is 8.57. The van der Waals surface area contributed by atoms with Crippen LogP contribution in [0.4, 0.5) is 0 Å². The average molecular weight is 453 g/mol. The Kier molecular flexibility index (Phi) is 5.78. The first-order valence-corrected chi connectivity index (χ1v) is 11.5. The molecule has 0 aliphatic carbocycles. The molecule has 8 nitrogen and oxygen atoms in total. The van der Waals surface area contributed by atoms with Crippen LogP contribution in [0.1, 0.15) is 47.8 Å². The summed E-state index contributed by atoms with van der Waals surface area (Å²) in [4.78, 5) is 46.0. The lowest BCUT2D eigenvalue weighted by molar-refractivity contribution is -0.138. The molecule has 0 aromatic carbocycles. The van der Waals surface area contributed by atoms with Crippen LogP contribution in [0.15, 0.2) is 36.8 Å². The first-order chi connectivity index (χ1) is 15.6. The minimum Gasteiger partial charge on any atom is -0.342 e. The largest absolute Gasteiger partial charge is 0.342 e. The molecule has 2 aliphatic rings. The maximum absolute atomic E-state index is 13.2. The zero-order valence-electron chi connectivity index (χ0n) is 17.7. The van der Waals surface area contributed by atoms with Gasteiger partial charge < -0.3 is 14.8 Å². The van der Waals surface area contributed by atoms with E-state index in [1.54, 1.807) is 29.4 Å². The predicted molar refractivity (Wildman–Crippen MR) is 120 cm³/mol. The van der Waals surface area contributed by atoms with Gasteiger partial charge in [-0.25, -0.2) is 9.97 Å². The molecule has 2 fully saturated rings. The number of aromatic nitrogens is 4. The van der Waals surface area contributed by atoms with Crippen LogP contribution in [0, 0.1) is 5.92 Å². The zero-order chi connectivity index (χ0) is 22.1. The summed E-state index contributed by atoms with van der Waals surface area (Å²) in [6, 6.07) is 5.21. The van der Waals surface area contributed by atoms with E-state index < -0.39 is 0 Å². The number of amides is 2. The van der Waals surface area contributed by atoms with Crippen LogP contribution in [0.2, 0.25) is 5.15 Å². The summed E-state index contributed by atoms with van der Waals surface area (Å²) < 4.78 is 0. The molecule has 0 bridgehead atoms. The molecule has 1 atom stereocenters. The fourth-order valence-corrected chi connectivity index (χ4v) is 4.85. The van der Waals surface area contributed by atoms with Crippen molar-refractivity contribution in [2.75, 3.05) is 26.2 Å². The second-order valence-corrected chi connectivity index (χ2v) is 8.96. The SMILES string of the molecule is O=C(c1ccc(Cl)nc1)N1CCC(C(=O)N2CCCC(c3nc4ccncc4[nH]3)C2)CC1. The van der Waals surface area contributed by atoms with Gasteiger partial charge in [0.15, 0.2) is 0 Å². The summed E-state index contributed by atoms with van der Waals surface area (Å²) in [6.07, 6.45) is 8.37. The topological polar surface area (TPSA) is 95.1 Å². The van der Waals surface area contributed by atoms with Gasteiger partial charge in [-0.15, -0.1) is 0 Å². The first-order valence-electron chi connectivity index (χ1n) is 11.1. The van der Waals surface area contributed by atoms with Crippen LogP contribution >= 0.6 is 11.6 Å². The molecule has 2 amide bonds. The minimum atomic E-state index is -0.0579. The molecule has 9 heteroatoms. The monoisotopic (exact) mass is 452 g/mol. The maximum atomic E-state index is 13.2. The van der Waals surface area contributed by atoms with E-state index in [4.69, 9.17) is 16.6 Å². The molecule has 5 rings (SSSR count).